The molecule has 2 aromatic rings. The second-order valence-corrected chi connectivity index (χ2v) is 8.57. The van der Waals surface area contributed by atoms with Gasteiger partial charge in [-0.2, -0.15) is 5.26 Å². The van der Waals surface area contributed by atoms with Gasteiger partial charge in [0.05, 0.1) is 16.5 Å². The maximum atomic E-state index is 12.9. The Kier molecular flexibility index (Phi) is 5.19. The van der Waals surface area contributed by atoms with Crippen LogP contribution >= 0.6 is 0 Å². The number of aryl methyl sites for hydroxylation is 1. The fourth-order valence-electron chi connectivity index (χ4n) is 3.12. The Bertz CT molecular complexity index is 1010. The summed E-state index contributed by atoms with van der Waals surface area (Å²) in [5, 5.41) is 8.84. The van der Waals surface area contributed by atoms with Gasteiger partial charge in [-0.3, -0.25) is 4.79 Å². The molecular weight excluding hydrogens is 364 g/mol. The molecule has 1 aliphatic heterocycles. The number of amides is 1. The van der Waals surface area contributed by atoms with Gasteiger partial charge < -0.3 is 9.64 Å². The average Bonchev–Trinajstić information content (AvgIpc) is 2.66. The van der Waals surface area contributed by atoms with Crippen LogP contribution in [0.15, 0.2) is 47.4 Å². The number of hydrogen-bond donors (Lipinski definition) is 0. The van der Waals surface area contributed by atoms with E-state index in [9.17, 15) is 13.2 Å². The van der Waals surface area contributed by atoms with Gasteiger partial charge in [-0.15, -0.1) is 0 Å². The first kappa shape index (κ1) is 18.9. The van der Waals surface area contributed by atoms with Crippen molar-refractivity contribution >= 4 is 21.4 Å². The van der Waals surface area contributed by atoms with Crippen molar-refractivity contribution < 1.29 is 17.9 Å². The predicted octanol–water partition coefficient (Wildman–Crippen LogP) is 2.71. The predicted molar refractivity (Wildman–Crippen MR) is 101 cm³/mol. The fraction of sp³-hybridized carbons (Fsp3) is 0.300. The minimum atomic E-state index is -3.29. The lowest BCUT2D eigenvalue weighted by Gasteiger charge is -2.31. The molecule has 0 radical (unpaired) electrons. The molecule has 1 aliphatic rings. The van der Waals surface area contributed by atoms with Crippen molar-refractivity contribution in [2.45, 2.75) is 30.8 Å². The number of nitrogens with zero attached hydrogens (tertiary/aromatic N) is 2. The zero-order chi connectivity index (χ0) is 19.6. The fourth-order valence-corrected chi connectivity index (χ4v) is 3.79. The normalized spacial score (nSPS) is 14.8. The van der Waals surface area contributed by atoms with Gasteiger partial charge in [0.25, 0.3) is 5.91 Å². The average molecular weight is 384 g/mol. The van der Waals surface area contributed by atoms with Crippen molar-refractivity contribution in [1.29, 1.82) is 5.26 Å². The van der Waals surface area contributed by atoms with Gasteiger partial charge >= 0.3 is 0 Å². The van der Waals surface area contributed by atoms with Gasteiger partial charge in [-0.25, -0.2) is 8.42 Å². The lowest BCUT2D eigenvalue weighted by atomic mass is 10.0. The van der Waals surface area contributed by atoms with E-state index < -0.39 is 15.9 Å². The van der Waals surface area contributed by atoms with Crippen LogP contribution in [0.2, 0.25) is 0 Å². The quantitative estimate of drug-likeness (QED) is 0.809. The molecule has 3 rings (SSSR count). The highest BCUT2D eigenvalue weighted by molar-refractivity contribution is 7.90. The molecule has 27 heavy (non-hydrogen) atoms. The van der Waals surface area contributed by atoms with Crippen molar-refractivity contribution in [3.05, 3.63) is 53.6 Å². The summed E-state index contributed by atoms with van der Waals surface area (Å²) in [7, 11) is -3.29. The van der Waals surface area contributed by atoms with Crippen LogP contribution in [0.4, 0.5) is 5.69 Å². The summed E-state index contributed by atoms with van der Waals surface area (Å²) in [5.41, 5.74) is 2.10. The Labute approximate surface area is 158 Å². The van der Waals surface area contributed by atoms with Crippen LogP contribution < -0.4 is 9.64 Å². The number of ether oxygens (including phenoxy) is 1. The van der Waals surface area contributed by atoms with Gasteiger partial charge in [0, 0.05) is 18.5 Å². The molecule has 7 heteroatoms. The number of anilines is 1. The lowest BCUT2D eigenvalue weighted by Crippen LogP contribution is -2.43. The molecule has 1 amide bonds. The Morgan fingerprint density at radius 3 is 2.56 bits per heavy atom. The molecule has 0 bridgehead atoms. The second-order valence-electron chi connectivity index (χ2n) is 6.55. The molecule has 0 saturated heterocycles. The number of sulfone groups is 1. The van der Waals surface area contributed by atoms with E-state index >= 15 is 0 Å². The summed E-state index contributed by atoms with van der Waals surface area (Å²) in [6.45, 7) is 2.24. The van der Waals surface area contributed by atoms with E-state index in [1.807, 2.05) is 6.07 Å². The zero-order valence-corrected chi connectivity index (χ0v) is 16.0. The van der Waals surface area contributed by atoms with Crippen LogP contribution in [0.3, 0.4) is 0 Å². The molecule has 0 N–H and O–H groups in total. The number of carbonyl (C=O) groups is 1. The van der Waals surface area contributed by atoms with E-state index in [0.717, 1.165) is 24.1 Å². The molecular formula is C20H20N2O4S. The Morgan fingerprint density at radius 2 is 1.93 bits per heavy atom. The van der Waals surface area contributed by atoms with Crippen LogP contribution in [0.5, 0.6) is 5.75 Å². The molecule has 1 unspecified atom stereocenters. The van der Waals surface area contributed by atoms with E-state index in [4.69, 9.17) is 10.00 Å². The maximum absolute atomic E-state index is 12.9. The molecule has 0 aliphatic carbocycles. The number of rotatable bonds is 4. The Balaban J connectivity index is 1.80. The highest BCUT2D eigenvalue weighted by Gasteiger charge is 2.28. The first-order valence-electron chi connectivity index (χ1n) is 8.61. The molecule has 1 heterocycles. The van der Waals surface area contributed by atoms with E-state index in [0.29, 0.717) is 17.9 Å². The molecule has 2 aromatic carbocycles. The van der Waals surface area contributed by atoms with E-state index in [-0.39, 0.29) is 10.8 Å². The van der Waals surface area contributed by atoms with E-state index in [1.54, 1.807) is 48.2 Å². The first-order valence-corrected chi connectivity index (χ1v) is 10.5. The molecule has 0 spiro atoms. The summed E-state index contributed by atoms with van der Waals surface area (Å²) in [6.07, 6.45) is 1.95. The number of nitriles is 1. The van der Waals surface area contributed by atoms with Crippen LogP contribution in [0.25, 0.3) is 0 Å². The minimum absolute atomic E-state index is 0.188. The van der Waals surface area contributed by atoms with Crippen LogP contribution in [-0.4, -0.2) is 33.2 Å². The third-order valence-electron chi connectivity index (χ3n) is 4.51. The summed E-state index contributed by atoms with van der Waals surface area (Å²) in [4.78, 5) is 14.8. The van der Waals surface area contributed by atoms with Crippen molar-refractivity contribution in [1.82, 2.24) is 0 Å². The summed E-state index contributed by atoms with van der Waals surface area (Å²) < 4.78 is 29.3. The largest absolute Gasteiger partial charge is 0.481 e. The van der Waals surface area contributed by atoms with E-state index in [2.05, 4.69) is 0 Å². The van der Waals surface area contributed by atoms with Crippen molar-refractivity contribution in [3.63, 3.8) is 0 Å². The van der Waals surface area contributed by atoms with Crippen LogP contribution in [0, 0.1) is 11.3 Å². The Hall–Kier alpha value is -2.85. The number of benzene rings is 2. The van der Waals surface area contributed by atoms with Crippen molar-refractivity contribution in [2.24, 2.45) is 0 Å². The second kappa shape index (κ2) is 7.41. The molecule has 0 fully saturated rings. The Morgan fingerprint density at radius 1 is 1.22 bits per heavy atom. The van der Waals surface area contributed by atoms with Crippen molar-refractivity contribution in [2.75, 3.05) is 17.7 Å². The highest BCUT2D eigenvalue weighted by Crippen LogP contribution is 2.30. The smallest absolute Gasteiger partial charge is 0.267 e. The molecule has 0 saturated carbocycles. The third-order valence-corrected chi connectivity index (χ3v) is 5.62. The maximum Gasteiger partial charge on any atom is 0.267 e. The lowest BCUT2D eigenvalue weighted by molar-refractivity contribution is -0.124. The summed E-state index contributed by atoms with van der Waals surface area (Å²) >= 11 is 0. The zero-order valence-electron chi connectivity index (χ0n) is 15.2. The van der Waals surface area contributed by atoms with Gasteiger partial charge in [-0.1, -0.05) is 0 Å². The van der Waals surface area contributed by atoms with Crippen LogP contribution in [-0.2, 0) is 21.1 Å². The number of hydrogen-bond acceptors (Lipinski definition) is 5. The summed E-state index contributed by atoms with van der Waals surface area (Å²) in [6, 6.07) is 13.5. The topological polar surface area (TPSA) is 87.5 Å². The van der Waals surface area contributed by atoms with Gasteiger partial charge in [-0.05, 0) is 67.8 Å². The number of carbonyl (C=O) groups excluding carboxylic acids is 1. The standard InChI is InChI=1S/C20H20N2O4S/c1-14(26-17-7-5-15(13-21)6-8-17)20(23)22-11-3-4-16-12-18(27(2,24)25)9-10-19(16)22/h5-10,12,14H,3-4,11H2,1-2H3. The first-order chi connectivity index (χ1) is 12.8. The van der Waals surface area contributed by atoms with Gasteiger partial charge in [0.2, 0.25) is 0 Å². The SMILES string of the molecule is CC(Oc1ccc(C#N)cc1)C(=O)N1CCCc2cc(S(C)(=O)=O)ccc21. The minimum Gasteiger partial charge on any atom is -0.481 e. The van der Waals surface area contributed by atoms with Gasteiger partial charge in [0.1, 0.15) is 5.75 Å². The monoisotopic (exact) mass is 384 g/mol. The number of fused-ring (bicyclic) bond motifs is 1. The van der Waals surface area contributed by atoms with Gasteiger partial charge in [0.15, 0.2) is 15.9 Å². The molecule has 6 nitrogen and oxygen atoms in total. The molecule has 1 atom stereocenters. The van der Waals surface area contributed by atoms with Crippen molar-refractivity contribution in [3.8, 4) is 11.8 Å². The highest BCUT2D eigenvalue weighted by atomic mass is 32.2. The molecule has 0 aromatic heterocycles. The van der Waals surface area contributed by atoms with Crippen LogP contribution in [0.1, 0.15) is 24.5 Å². The summed E-state index contributed by atoms with van der Waals surface area (Å²) in [5.74, 6) is 0.326. The third kappa shape index (κ3) is 4.12. The molecule has 140 valence electrons. The van der Waals surface area contributed by atoms with E-state index in [1.165, 1.54) is 12.3 Å².